The Hall–Kier alpha value is -0.270. The van der Waals surface area contributed by atoms with Gasteiger partial charge in [-0.05, 0) is 37.0 Å². The van der Waals surface area contributed by atoms with Gasteiger partial charge >= 0.3 is 15.4 Å². The summed E-state index contributed by atoms with van der Waals surface area (Å²) in [5.41, 5.74) is 0. The molecule has 16 heavy (non-hydrogen) atoms. The van der Waals surface area contributed by atoms with E-state index in [1.165, 1.54) is 0 Å². The molecule has 0 heterocycles. The van der Waals surface area contributed by atoms with Gasteiger partial charge in [0.25, 0.3) is 0 Å². The van der Waals surface area contributed by atoms with Gasteiger partial charge in [0.1, 0.15) is 0 Å². The van der Waals surface area contributed by atoms with E-state index in [4.69, 9.17) is 4.55 Å². The van der Waals surface area contributed by atoms with Gasteiger partial charge in [-0.15, -0.1) is 0 Å². The molecule has 2 rings (SSSR count). The number of fused-ring (bicyclic) bond motifs is 2. The topological polar surface area (TPSA) is 74.6 Å². The maximum Gasteiger partial charge on any atom is 0.370 e. The highest BCUT2D eigenvalue weighted by atomic mass is 32.2. The molecule has 0 saturated heterocycles. The van der Waals surface area contributed by atoms with Gasteiger partial charge in [-0.25, -0.2) is 0 Å². The van der Waals surface area contributed by atoms with Crippen LogP contribution >= 0.6 is 0 Å². The zero-order chi connectivity index (χ0) is 12.1. The molecule has 7 heteroatoms. The average Bonchev–Trinajstić information content (AvgIpc) is 2.59. The van der Waals surface area contributed by atoms with Crippen molar-refractivity contribution in [3.8, 4) is 0 Å². The van der Waals surface area contributed by atoms with Crippen LogP contribution in [0.15, 0.2) is 0 Å². The number of hydrogen-bond acceptors (Lipinski definition) is 3. The summed E-state index contributed by atoms with van der Waals surface area (Å²) >= 11 is 0. The molecule has 0 spiro atoms. The van der Waals surface area contributed by atoms with E-state index in [0.717, 1.165) is 0 Å². The predicted octanol–water partition coefficient (Wildman–Crippen LogP) is 1.26. The molecule has 4 unspecified atom stereocenters. The van der Waals surface area contributed by atoms with E-state index in [2.05, 4.69) is 0 Å². The van der Waals surface area contributed by atoms with Gasteiger partial charge in [-0.2, -0.15) is 17.2 Å². The first-order valence-electron chi connectivity index (χ1n) is 5.23. The average molecular weight is 256 g/mol. The van der Waals surface area contributed by atoms with Crippen LogP contribution in [0.4, 0.5) is 8.78 Å². The van der Waals surface area contributed by atoms with Gasteiger partial charge < -0.3 is 5.11 Å². The largest absolute Gasteiger partial charge is 0.393 e. The Labute approximate surface area is 92.4 Å². The number of aliphatic hydroxyl groups is 1. The molecule has 0 aromatic carbocycles. The normalized spacial score (nSPS) is 39.2. The van der Waals surface area contributed by atoms with E-state index in [9.17, 15) is 22.3 Å². The molecule has 4 nitrogen and oxygen atoms in total. The van der Waals surface area contributed by atoms with Crippen LogP contribution in [0.5, 0.6) is 0 Å². The first kappa shape index (κ1) is 12.2. The third kappa shape index (κ3) is 1.96. The minimum atomic E-state index is -5.32. The lowest BCUT2D eigenvalue weighted by atomic mass is 9.85. The fraction of sp³-hybridized carbons (Fsp3) is 1.00. The van der Waals surface area contributed by atoms with Crippen molar-refractivity contribution in [1.82, 2.24) is 0 Å². The minimum absolute atomic E-state index is 0.0206. The summed E-state index contributed by atoms with van der Waals surface area (Å²) in [5, 5.41) is 5.38. The van der Waals surface area contributed by atoms with Crippen molar-refractivity contribution in [3.63, 3.8) is 0 Å². The van der Waals surface area contributed by atoms with Crippen LogP contribution in [-0.2, 0) is 10.1 Å². The summed E-state index contributed by atoms with van der Waals surface area (Å²) in [5.74, 6) is -0.426. The molecule has 4 atom stereocenters. The highest BCUT2D eigenvalue weighted by Gasteiger charge is 2.52. The van der Waals surface area contributed by atoms with Gasteiger partial charge in [-0.3, -0.25) is 4.55 Å². The second-order valence-corrected chi connectivity index (χ2v) is 6.42. The van der Waals surface area contributed by atoms with Crippen LogP contribution in [0.25, 0.3) is 0 Å². The molecule has 2 N–H and O–H groups in total. The molecule has 2 aliphatic rings. The highest BCUT2D eigenvalue weighted by molar-refractivity contribution is 7.86. The van der Waals surface area contributed by atoms with Crippen LogP contribution in [0.2, 0.25) is 0 Å². The van der Waals surface area contributed by atoms with E-state index in [1.807, 2.05) is 0 Å². The molecule has 2 bridgehead atoms. The number of hydrogen-bond donors (Lipinski definition) is 2. The van der Waals surface area contributed by atoms with E-state index >= 15 is 0 Å². The van der Waals surface area contributed by atoms with Crippen molar-refractivity contribution in [3.05, 3.63) is 0 Å². The lowest BCUT2D eigenvalue weighted by Gasteiger charge is -2.27. The van der Waals surface area contributed by atoms with Crippen molar-refractivity contribution in [2.24, 2.45) is 17.8 Å². The van der Waals surface area contributed by atoms with E-state index < -0.39 is 33.8 Å². The standard InChI is InChI=1S/C9H14F2O4S/c10-9(11,16(13,14)15)4-7-2-6-1-5(7)3-8(6)12/h5-8,12H,1-4H2,(H,13,14,15). The van der Waals surface area contributed by atoms with Gasteiger partial charge in [-0.1, -0.05) is 0 Å². The zero-order valence-corrected chi connectivity index (χ0v) is 9.33. The fourth-order valence-corrected chi connectivity index (χ4v) is 3.45. The predicted molar refractivity (Wildman–Crippen MR) is 51.4 cm³/mol. The Kier molecular flexibility index (Phi) is 2.75. The summed E-state index contributed by atoms with van der Waals surface area (Å²) in [7, 11) is -5.32. The van der Waals surface area contributed by atoms with E-state index in [-0.39, 0.29) is 11.8 Å². The first-order valence-corrected chi connectivity index (χ1v) is 6.67. The fourth-order valence-electron chi connectivity index (χ4n) is 3.02. The number of halogens is 2. The first-order chi connectivity index (χ1) is 7.21. The Balaban J connectivity index is 2.03. The van der Waals surface area contributed by atoms with Gasteiger partial charge in [0.05, 0.1) is 6.10 Å². The van der Waals surface area contributed by atoms with Gasteiger partial charge in [0.15, 0.2) is 0 Å². The van der Waals surface area contributed by atoms with Crippen molar-refractivity contribution >= 4 is 10.1 Å². The molecule has 0 aromatic heterocycles. The highest BCUT2D eigenvalue weighted by Crippen LogP contribution is 2.51. The minimum Gasteiger partial charge on any atom is -0.393 e. The number of aliphatic hydroxyl groups excluding tert-OH is 1. The Morgan fingerprint density at radius 2 is 1.81 bits per heavy atom. The summed E-state index contributed by atoms with van der Waals surface area (Å²) in [4.78, 5) is 0. The molecule has 0 amide bonds. The molecular weight excluding hydrogens is 242 g/mol. The summed E-state index contributed by atoms with van der Waals surface area (Å²) in [6.45, 7) is 0. The lowest BCUT2D eigenvalue weighted by Crippen LogP contribution is -2.33. The molecular formula is C9H14F2O4S. The maximum atomic E-state index is 13.1. The monoisotopic (exact) mass is 256 g/mol. The van der Waals surface area contributed by atoms with Crippen molar-refractivity contribution in [1.29, 1.82) is 0 Å². The second-order valence-electron chi connectivity index (χ2n) is 4.87. The zero-order valence-electron chi connectivity index (χ0n) is 8.51. The molecule has 2 saturated carbocycles. The van der Waals surface area contributed by atoms with Gasteiger partial charge in [0.2, 0.25) is 0 Å². The smallest absolute Gasteiger partial charge is 0.370 e. The molecule has 0 radical (unpaired) electrons. The number of alkyl halides is 2. The summed E-state index contributed by atoms with van der Waals surface area (Å²) in [6.07, 6.45) is 0.321. The molecule has 2 aliphatic carbocycles. The van der Waals surface area contributed by atoms with Crippen molar-refractivity contribution in [2.45, 2.75) is 37.0 Å². The number of rotatable bonds is 3. The molecule has 2 fully saturated rings. The maximum absolute atomic E-state index is 13.1. The van der Waals surface area contributed by atoms with Crippen molar-refractivity contribution in [2.75, 3.05) is 0 Å². The van der Waals surface area contributed by atoms with E-state index in [1.54, 1.807) is 0 Å². The lowest BCUT2D eigenvalue weighted by molar-refractivity contribution is 0.0268. The quantitative estimate of drug-likeness (QED) is 0.745. The van der Waals surface area contributed by atoms with Crippen molar-refractivity contribution < 1.29 is 26.9 Å². The summed E-state index contributed by atoms with van der Waals surface area (Å²) in [6, 6.07) is 0. The van der Waals surface area contributed by atoms with Crippen LogP contribution in [0.1, 0.15) is 25.7 Å². The Morgan fingerprint density at radius 1 is 1.19 bits per heavy atom. The third-order valence-corrected chi connectivity index (χ3v) is 4.76. The van der Waals surface area contributed by atoms with Crippen LogP contribution in [0.3, 0.4) is 0 Å². The summed E-state index contributed by atoms with van der Waals surface area (Å²) < 4.78 is 55.5. The van der Waals surface area contributed by atoms with Crippen LogP contribution < -0.4 is 0 Å². The molecule has 94 valence electrons. The SMILES string of the molecule is O=S(=O)(O)C(F)(F)CC1CC2CC1CC2O. The molecule has 0 aromatic rings. The Morgan fingerprint density at radius 3 is 2.19 bits per heavy atom. The van der Waals surface area contributed by atoms with Crippen LogP contribution in [0, 0.1) is 17.8 Å². The van der Waals surface area contributed by atoms with Crippen LogP contribution in [-0.4, -0.2) is 29.4 Å². The molecule has 0 aliphatic heterocycles. The van der Waals surface area contributed by atoms with E-state index in [0.29, 0.717) is 19.3 Å². The Bertz CT molecular complexity index is 379. The second kappa shape index (κ2) is 3.61. The van der Waals surface area contributed by atoms with Gasteiger partial charge in [0, 0.05) is 6.42 Å². The third-order valence-electron chi connectivity index (χ3n) is 3.84.